The van der Waals surface area contributed by atoms with Crippen molar-refractivity contribution in [2.45, 2.75) is 25.8 Å². The van der Waals surface area contributed by atoms with Crippen LogP contribution in [-0.4, -0.2) is 28.3 Å². The van der Waals surface area contributed by atoms with Crippen LogP contribution in [0.3, 0.4) is 0 Å². The molecule has 1 aliphatic rings. The summed E-state index contributed by atoms with van der Waals surface area (Å²) in [6, 6.07) is 16.9. The highest BCUT2D eigenvalue weighted by atomic mass is 35.5. The molecule has 3 aromatic carbocycles. The molecule has 0 radical (unpaired) electrons. The lowest BCUT2D eigenvalue weighted by atomic mass is 10.0. The van der Waals surface area contributed by atoms with Gasteiger partial charge >= 0.3 is 0 Å². The molecule has 1 aliphatic heterocycles. The Bertz CT molecular complexity index is 1330. The van der Waals surface area contributed by atoms with Gasteiger partial charge in [-0.2, -0.15) is 0 Å². The first kappa shape index (κ1) is 24.0. The van der Waals surface area contributed by atoms with E-state index in [1.807, 2.05) is 0 Å². The summed E-state index contributed by atoms with van der Waals surface area (Å²) >= 11 is 0. The van der Waals surface area contributed by atoms with Crippen LogP contribution in [0.4, 0.5) is 13.2 Å². The van der Waals surface area contributed by atoms with Crippen LogP contribution >= 0.6 is 12.4 Å². The van der Waals surface area contributed by atoms with Gasteiger partial charge in [0.2, 0.25) is 0 Å². The minimum absolute atomic E-state index is 0. The molecule has 0 N–H and O–H groups in total. The van der Waals surface area contributed by atoms with Gasteiger partial charge in [0.05, 0.1) is 5.52 Å². The molecule has 4 aromatic rings. The van der Waals surface area contributed by atoms with Crippen molar-refractivity contribution in [3.8, 4) is 5.69 Å². The molecular weight excluding hydrogens is 461 g/mol. The molecule has 1 aromatic heterocycles. The van der Waals surface area contributed by atoms with E-state index < -0.39 is 5.82 Å². The highest BCUT2D eigenvalue weighted by Gasteiger charge is 2.25. The molecule has 0 saturated heterocycles. The number of hydrogen-bond donors (Lipinski definition) is 0. The molecule has 0 fully saturated rings. The molecule has 0 spiro atoms. The number of carbonyl (C=O) groups is 1. The lowest BCUT2D eigenvalue weighted by Gasteiger charge is -2.28. The van der Waals surface area contributed by atoms with Gasteiger partial charge in [-0.05, 0) is 73.1 Å². The summed E-state index contributed by atoms with van der Waals surface area (Å²) in [5, 5.41) is 0.856. The van der Waals surface area contributed by atoms with Crippen molar-refractivity contribution in [3.05, 3.63) is 101 Å². The topological polar surface area (TPSA) is 25.2 Å². The zero-order valence-corrected chi connectivity index (χ0v) is 19.3. The molecular formula is C27H24ClF3N2O. The number of hydrogen-bond acceptors (Lipinski definition) is 2. The summed E-state index contributed by atoms with van der Waals surface area (Å²) in [7, 11) is 0. The molecule has 3 nitrogen and oxygen atoms in total. The Kier molecular flexibility index (Phi) is 7.10. The Hall–Kier alpha value is -3.09. The van der Waals surface area contributed by atoms with Gasteiger partial charge in [-0.25, -0.2) is 13.2 Å². The van der Waals surface area contributed by atoms with Gasteiger partial charge < -0.3 is 4.57 Å². The molecule has 7 heteroatoms. The smallest absolute Gasteiger partial charge is 0.163 e. The quantitative estimate of drug-likeness (QED) is 0.292. The fraction of sp³-hybridized carbons (Fsp3) is 0.222. The summed E-state index contributed by atoms with van der Waals surface area (Å²) in [6.45, 7) is 2.18. The maximum absolute atomic E-state index is 14.1. The third-order valence-electron chi connectivity index (χ3n) is 6.30. The second kappa shape index (κ2) is 10.0. The number of carbonyl (C=O) groups excluding carboxylic acids is 1. The molecule has 2 heterocycles. The number of rotatable bonds is 6. The fourth-order valence-electron chi connectivity index (χ4n) is 4.73. The van der Waals surface area contributed by atoms with Crippen molar-refractivity contribution in [2.24, 2.45) is 0 Å². The van der Waals surface area contributed by atoms with Gasteiger partial charge in [0.15, 0.2) is 5.78 Å². The maximum Gasteiger partial charge on any atom is 0.163 e. The van der Waals surface area contributed by atoms with Crippen LogP contribution in [0, 0.1) is 17.5 Å². The van der Waals surface area contributed by atoms with Crippen LogP contribution in [0.2, 0.25) is 0 Å². The Balaban J connectivity index is 0.00000274. The first-order chi connectivity index (χ1) is 16.0. The van der Waals surface area contributed by atoms with Crippen molar-refractivity contribution >= 4 is 29.1 Å². The molecule has 34 heavy (non-hydrogen) atoms. The summed E-state index contributed by atoms with van der Waals surface area (Å²) < 4.78 is 43.1. The highest BCUT2D eigenvalue weighted by molar-refractivity contribution is 5.96. The van der Waals surface area contributed by atoms with E-state index in [-0.39, 0.29) is 29.8 Å². The van der Waals surface area contributed by atoms with E-state index in [0.717, 1.165) is 47.4 Å². The predicted molar refractivity (Wildman–Crippen MR) is 129 cm³/mol. The standard InChI is InChI=1S/C27H23F3N2O.ClH/c28-19-6-9-22(10-7-19)32-25-11-8-21(30)16-23(25)24-17-31(14-12-26(24)32)13-2-5-27(33)18-3-1-4-20(29)15-18;/h1,3-4,6-11,15-16H,2,5,12-14,17H2;1H. The molecule has 0 unspecified atom stereocenters. The van der Waals surface area contributed by atoms with Crippen molar-refractivity contribution in [2.75, 3.05) is 13.1 Å². The number of halogens is 4. The number of Topliss-reactive ketones (excluding diaryl/α,β-unsaturated/α-hetero) is 1. The van der Waals surface area contributed by atoms with Crippen molar-refractivity contribution < 1.29 is 18.0 Å². The predicted octanol–water partition coefficient (Wildman–Crippen LogP) is 6.49. The van der Waals surface area contributed by atoms with E-state index in [2.05, 4.69) is 9.47 Å². The van der Waals surface area contributed by atoms with E-state index in [4.69, 9.17) is 0 Å². The maximum atomic E-state index is 14.1. The molecule has 0 bridgehead atoms. The van der Waals surface area contributed by atoms with E-state index in [9.17, 15) is 18.0 Å². The van der Waals surface area contributed by atoms with Gasteiger partial charge in [-0.1, -0.05) is 12.1 Å². The fourth-order valence-corrected chi connectivity index (χ4v) is 4.73. The molecule has 0 saturated carbocycles. The van der Waals surface area contributed by atoms with E-state index >= 15 is 0 Å². The number of ketones is 1. The van der Waals surface area contributed by atoms with E-state index in [1.54, 1.807) is 36.4 Å². The Labute approximate surface area is 202 Å². The van der Waals surface area contributed by atoms with Gasteiger partial charge in [0.25, 0.3) is 0 Å². The Morgan fingerprint density at radius 1 is 0.882 bits per heavy atom. The van der Waals surface area contributed by atoms with Crippen molar-refractivity contribution in [1.82, 2.24) is 9.47 Å². The summed E-state index contributed by atoms with van der Waals surface area (Å²) in [5.74, 6) is -1.06. The van der Waals surface area contributed by atoms with Crippen LogP contribution < -0.4 is 0 Å². The molecule has 5 rings (SSSR count). The highest BCUT2D eigenvalue weighted by Crippen LogP contribution is 2.34. The minimum atomic E-state index is -0.408. The number of aromatic nitrogens is 1. The third-order valence-corrected chi connectivity index (χ3v) is 6.30. The second-order valence-electron chi connectivity index (χ2n) is 8.46. The molecule has 0 atom stereocenters. The lowest BCUT2D eigenvalue weighted by Crippen LogP contribution is -2.32. The van der Waals surface area contributed by atoms with Gasteiger partial charge in [0, 0.05) is 48.3 Å². The minimum Gasteiger partial charge on any atom is -0.313 e. The van der Waals surface area contributed by atoms with Gasteiger partial charge in [0.1, 0.15) is 17.5 Å². The normalized spacial score (nSPS) is 13.5. The third kappa shape index (κ3) is 4.74. The summed E-state index contributed by atoms with van der Waals surface area (Å²) in [5.41, 5.74) is 4.32. The number of nitrogens with zero attached hydrogens (tertiary/aromatic N) is 2. The Morgan fingerprint density at radius 3 is 2.38 bits per heavy atom. The molecule has 0 amide bonds. The lowest BCUT2D eigenvalue weighted by molar-refractivity contribution is 0.0973. The van der Waals surface area contributed by atoms with E-state index in [0.29, 0.717) is 24.9 Å². The van der Waals surface area contributed by atoms with Crippen molar-refractivity contribution in [3.63, 3.8) is 0 Å². The molecule has 0 aliphatic carbocycles. The zero-order valence-electron chi connectivity index (χ0n) is 18.4. The van der Waals surface area contributed by atoms with Crippen LogP contribution in [0.5, 0.6) is 0 Å². The zero-order chi connectivity index (χ0) is 22.9. The average Bonchev–Trinajstić information content (AvgIpc) is 3.12. The summed E-state index contributed by atoms with van der Waals surface area (Å²) in [6.07, 6.45) is 1.77. The number of benzene rings is 3. The van der Waals surface area contributed by atoms with Crippen LogP contribution in [0.15, 0.2) is 66.7 Å². The Morgan fingerprint density at radius 2 is 1.62 bits per heavy atom. The summed E-state index contributed by atoms with van der Waals surface area (Å²) in [4.78, 5) is 14.6. The first-order valence-corrected chi connectivity index (χ1v) is 11.1. The van der Waals surface area contributed by atoms with Gasteiger partial charge in [-0.3, -0.25) is 9.69 Å². The van der Waals surface area contributed by atoms with Crippen molar-refractivity contribution in [1.29, 1.82) is 0 Å². The van der Waals surface area contributed by atoms with Crippen LogP contribution in [0.25, 0.3) is 16.6 Å². The monoisotopic (exact) mass is 484 g/mol. The van der Waals surface area contributed by atoms with Gasteiger partial charge in [-0.15, -0.1) is 12.4 Å². The van der Waals surface area contributed by atoms with E-state index in [1.165, 1.54) is 30.3 Å². The molecule has 176 valence electrons. The second-order valence-corrected chi connectivity index (χ2v) is 8.46. The van der Waals surface area contributed by atoms with Crippen LogP contribution in [-0.2, 0) is 13.0 Å². The first-order valence-electron chi connectivity index (χ1n) is 11.1. The average molecular weight is 485 g/mol. The number of fused-ring (bicyclic) bond motifs is 3. The SMILES string of the molecule is Cl.O=C(CCCN1CCc2c(c3cc(F)ccc3n2-c2ccc(F)cc2)C1)c1cccc(F)c1. The van der Waals surface area contributed by atoms with Crippen LogP contribution in [0.1, 0.15) is 34.5 Å². The largest absolute Gasteiger partial charge is 0.313 e.